The van der Waals surface area contributed by atoms with Crippen molar-refractivity contribution in [1.29, 1.82) is 0 Å². The van der Waals surface area contributed by atoms with E-state index in [0.717, 1.165) is 49.2 Å². The Morgan fingerprint density at radius 3 is 2.64 bits per heavy atom. The number of nitrogens with one attached hydrogen (secondary N) is 2. The molecule has 1 saturated carbocycles. The van der Waals surface area contributed by atoms with E-state index < -0.39 is 0 Å². The smallest absolute Gasteiger partial charge is 0.243 e. The lowest BCUT2D eigenvalue weighted by Gasteiger charge is -2.25. The molecular weight excluding hydrogens is 338 g/mol. The van der Waals surface area contributed by atoms with Gasteiger partial charge < -0.3 is 15.5 Å². The molecule has 2 N–H and O–H groups in total. The van der Waals surface area contributed by atoms with Gasteiger partial charge >= 0.3 is 0 Å². The number of carbonyl (C=O) groups excluding carboxylic acids is 2. The Balaban J connectivity index is 0.00000225. The van der Waals surface area contributed by atoms with Gasteiger partial charge in [-0.25, -0.2) is 0 Å². The van der Waals surface area contributed by atoms with Crippen LogP contribution in [0.3, 0.4) is 0 Å². The van der Waals surface area contributed by atoms with Crippen molar-refractivity contribution in [3.63, 3.8) is 0 Å². The van der Waals surface area contributed by atoms with Gasteiger partial charge in [-0.3, -0.25) is 9.59 Å². The topological polar surface area (TPSA) is 61.4 Å². The van der Waals surface area contributed by atoms with Gasteiger partial charge in [0.05, 0.1) is 6.54 Å². The molecule has 1 aliphatic carbocycles. The van der Waals surface area contributed by atoms with Gasteiger partial charge in [0.25, 0.3) is 0 Å². The van der Waals surface area contributed by atoms with E-state index >= 15 is 0 Å². The zero-order valence-corrected chi connectivity index (χ0v) is 16.0. The second-order valence-corrected chi connectivity index (χ2v) is 7.36. The first-order valence-electron chi connectivity index (χ1n) is 8.75. The number of nitrogens with zero attached hydrogens (tertiary/aromatic N) is 1. The van der Waals surface area contributed by atoms with Crippen LogP contribution in [0.5, 0.6) is 0 Å². The van der Waals surface area contributed by atoms with Crippen LogP contribution in [-0.2, 0) is 9.59 Å². The highest BCUT2D eigenvalue weighted by molar-refractivity contribution is 5.95. The van der Waals surface area contributed by atoms with Crippen molar-refractivity contribution in [3.05, 3.63) is 29.3 Å². The maximum absolute atomic E-state index is 12.6. The number of carbonyl (C=O) groups is 2. The second-order valence-electron chi connectivity index (χ2n) is 7.36. The van der Waals surface area contributed by atoms with Gasteiger partial charge in [-0.05, 0) is 68.8 Å². The third-order valence-electron chi connectivity index (χ3n) is 5.72. The van der Waals surface area contributed by atoms with Crippen molar-refractivity contribution in [2.75, 3.05) is 32.0 Å². The SMILES string of the molecule is Cc1cccc(NC(=O)CN(C)C(=O)C2CC23CCNCC3)c1C.Cl. The van der Waals surface area contributed by atoms with Crippen LogP contribution < -0.4 is 10.6 Å². The average Bonchev–Trinajstić information content (AvgIpc) is 3.24. The van der Waals surface area contributed by atoms with Crippen LogP contribution in [0.15, 0.2) is 18.2 Å². The van der Waals surface area contributed by atoms with Crippen molar-refractivity contribution in [3.8, 4) is 0 Å². The number of benzene rings is 1. The van der Waals surface area contributed by atoms with E-state index in [9.17, 15) is 9.59 Å². The second kappa shape index (κ2) is 7.75. The number of hydrogen-bond donors (Lipinski definition) is 2. The zero-order chi connectivity index (χ0) is 17.3. The van der Waals surface area contributed by atoms with Gasteiger partial charge in [-0.15, -0.1) is 12.4 Å². The normalized spacial score (nSPS) is 20.5. The number of piperidine rings is 1. The molecule has 1 heterocycles. The Kier molecular flexibility index (Phi) is 6.12. The van der Waals surface area contributed by atoms with Crippen LogP contribution in [0, 0.1) is 25.2 Å². The number of rotatable bonds is 4. The standard InChI is InChI=1S/C19H27N3O2.ClH/c1-13-5-4-6-16(14(13)2)21-17(23)12-22(3)18(24)15-11-19(15)7-9-20-10-8-19;/h4-6,15,20H,7-12H2,1-3H3,(H,21,23);1H. The fourth-order valence-electron chi connectivity index (χ4n) is 3.81. The molecule has 5 nitrogen and oxygen atoms in total. The lowest BCUT2D eigenvalue weighted by molar-refractivity contribution is -0.135. The molecule has 2 amide bonds. The first kappa shape index (κ1) is 19.7. The largest absolute Gasteiger partial charge is 0.336 e. The van der Waals surface area contributed by atoms with Crippen LogP contribution in [-0.4, -0.2) is 43.4 Å². The Morgan fingerprint density at radius 1 is 1.28 bits per heavy atom. The Morgan fingerprint density at radius 2 is 1.96 bits per heavy atom. The molecule has 2 fully saturated rings. The van der Waals surface area contributed by atoms with E-state index in [1.54, 1.807) is 11.9 Å². The van der Waals surface area contributed by atoms with Crippen molar-refractivity contribution < 1.29 is 9.59 Å². The van der Waals surface area contributed by atoms with Crippen molar-refractivity contribution in [1.82, 2.24) is 10.2 Å². The fraction of sp³-hybridized carbons (Fsp3) is 0.579. The van der Waals surface area contributed by atoms with Crippen LogP contribution in [0.2, 0.25) is 0 Å². The van der Waals surface area contributed by atoms with E-state index in [0.29, 0.717) is 0 Å². The third-order valence-corrected chi connectivity index (χ3v) is 5.72. The van der Waals surface area contributed by atoms with Gasteiger partial charge in [-0.2, -0.15) is 0 Å². The van der Waals surface area contributed by atoms with E-state index in [1.165, 1.54) is 0 Å². The molecule has 1 unspecified atom stereocenters. The van der Waals surface area contributed by atoms with Crippen LogP contribution in [0.4, 0.5) is 5.69 Å². The Bertz CT molecular complexity index is 656. The Labute approximate surface area is 155 Å². The van der Waals surface area contributed by atoms with Gasteiger partial charge in [-0.1, -0.05) is 12.1 Å². The summed E-state index contributed by atoms with van der Waals surface area (Å²) >= 11 is 0. The number of hydrogen-bond acceptors (Lipinski definition) is 3. The van der Waals surface area contributed by atoms with E-state index in [1.807, 2.05) is 32.0 Å². The predicted molar refractivity (Wildman–Crippen MR) is 102 cm³/mol. The maximum atomic E-state index is 12.6. The van der Waals surface area contributed by atoms with Crippen molar-refractivity contribution in [2.24, 2.45) is 11.3 Å². The third kappa shape index (κ3) is 4.15. The molecule has 1 spiro atoms. The molecule has 0 bridgehead atoms. The van der Waals surface area contributed by atoms with Crippen molar-refractivity contribution >= 4 is 29.9 Å². The van der Waals surface area contributed by atoms with Gasteiger partial charge in [0.1, 0.15) is 0 Å². The van der Waals surface area contributed by atoms with E-state index in [-0.39, 0.29) is 42.1 Å². The molecule has 0 aromatic heterocycles. The summed E-state index contributed by atoms with van der Waals surface area (Å²) in [5.41, 5.74) is 3.24. The molecule has 1 aliphatic heterocycles. The van der Waals surface area contributed by atoms with Crippen LogP contribution in [0.1, 0.15) is 30.4 Å². The number of aryl methyl sites for hydroxylation is 1. The minimum atomic E-state index is -0.139. The number of halogens is 1. The minimum Gasteiger partial charge on any atom is -0.336 e. The summed E-state index contributed by atoms with van der Waals surface area (Å²) in [4.78, 5) is 26.5. The number of anilines is 1. The first-order chi connectivity index (χ1) is 11.4. The maximum Gasteiger partial charge on any atom is 0.243 e. The summed E-state index contributed by atoms with van der Waals surface area (Å²) in [5, 5.41) is 6.27. The molecule has 1 aromatic rings. The summed E-state index contributed by atoms with van der Waals surface area (Å²) < 4.78 is 0. The molecule has 1 atom stereocenters. The van der Waals surface area contributed by atoms with Crippen LogP contribution in [0.25, 0.3) is 0 Å². The Hall–Kier alpha value is -1.59. The summed E-state index contributed by atoms with van der Waals surface area (Å²) in [6, 6.07) is 5.84. The molecule has 3 rings (SSSR count). The monoisotopic (exact) mass is 365 g/mol. The molecule has 1 aromatic carbocycles. The number of likely N-dealkylation sites (N-methyl/N-ethyl adjacent to an activating group) is 1. The molecule has 25 heavy (non-hydrogen) atoms. The lowest BCUT2D eigenvalue weighted by atomic mass is 9.91. The fourth-order valence-corrected chi connectivity index (χ4v) is 3.81. The predicted octanol–water partition coefficient (Wildman–Crippen LogP) is 2.51. The summed E-state index contributed by atoms with van der Waals surface area (Å²) in [5.74, 6) is 0.0886. The molecule has 2 aliphatic rings. The highest BCUT2D eigenvalue weighted by atomic mass is 35.5. The van der Waals surface area contributed by atoms with E-state index in [4.69, 9.17) is 0 Å². The summed E-state index contributed by atoms with van der Waals surface area (Å²) in [7, 11) is 1.73. The quantitative estimate of drug-likeness (QED) is 0.861. The van der Waals surface area contributed by atoms with Gasteiger partial charge in [0, 0.05) is 18.7 Å². The average molecular weight is 366 g/mol. The first-order valence-corrected chi connectivity index (χ1v) is 8.75. The van der Waals surface area contributed by atoms with Gasteiger partial charge in [0.2, 0.25) is 11.8 Å². The summed E-state index contributed by atoms with van der Waals surface area (Å²) in [6.45, 7) is 6.12. The van der Waals surface area contributed by atoms with Crippen LogP contribution >= 0.6 is 12.4 Å². The van der Waals surface area contributed by atoms with E-state index in [2.05, 4.69) is 10.6 Å². The highest BCUT2D eigenvalue weighted by Gasteiger charge is 2.58. The molecular formula is C19H28ClN3O2. The molecule has 0 radical (unpaired) electrons. The lowest BCUT2D eigenvalue weighted by Crippen LogP contribution is -2.38. The van der Waals surface area contributed by atoms with Gasteiger partial charge in [0.15, 0.2) is 0 Å². The number of amides is 2. The molecule has 1 saturated heterocycles. The molecule has 138 valence electrons. The highest BCUT2D eigenvalue weighted by Crippen LogP contribution is 2.59. The summed E-state index contributed by atoms with van der Waals surface area (Å²) in [6.07, 6.45) is 3.13. The zero-order valence-electron chi connectivity index (χ0n) is 15.2. The van der Waals surface area contributed by atoms with Crippen molar-refractivity contribution in [2.45, 2.75) is 33.1 Å². The molecule has 6 heteroatoms. The minimum absolute atomic E-state index is 0.